The van der Waals surface area contributed by atoms with Crippen molar-refractivity contribution in [3.8, 4) is 0 Å². The summed E-state index contributed by atoms with van der Waals surface area (Å²) in [5.41, 5.74) is -0.403. The van der Waals surface area contributed by atoms with Crippen LogP contribution in [0, 0.1) is 5.92 Å². The summed E-state index contributed by atoms with van der Waals surface area (Å²) in [4.78, 5) is 0. The summed E-state index contributed by atoms with van der Waals surface area (Å²) in [5, 5.41) is 13.7. The first-order valence-corrected chi connectivity index (χ1v) is 5.64. The second-order valence-electron chi connectivity index (χ2n) is 4.98. The Hall–Kier alpha value is -0.0800. The van der Waals surface area contributed by atoms with Crippen LogP contribution in [0.3, 0.4) is 0 Å². The second-order valence-corrected chi connectivity index (χ2v) is 4.98. The molecule has 76 valence electrons. The Morgan fingerprint density at radius 1 is 1.31 bits per heavy atom. The lowest BCUT2D eigenvalue weighted by molar-refractivity contribution is -0.0467. The lowest BCUT2D eigenvalue weighted by Gasteiger charge is -2.40. The average Bonchev–Trinajstić information content (AvgIpc) is 2.32. The highest BCUT2D eigenvalue weighted by molar-refractivity contribution is 4.92. The molecule has 13 heavy (non-hydrogen) atoms. The van der Waals surface area contributed by atoms with Crippen LogP contribution < -0.4 is 5.32 Å². The first kappa shape index (κ1) is 9.47. The minimum atomic E-state index is -0.403. The molecule has 0 radical (unpaired) electrons. The van der Waals surface area contributed by atoms with E-state index >= 15 is 0 Å². The van der Waals surface area contributed by atoms with Gasteiger partial charge in [-0.3, -0.25) is 0 Å². The van der Waals surface area contributed by atoms with Gasteiger partial charge >= 0.3 is 0 Å². The molecule has 2 nitrogen and oxygen atoms in total. The maximum atomic E-state index is 10.3. The van der Waals surface area contributed by atoms with Crippen LogP contribution in [0.4, 0.5) is 0 Å². The molecule has 2 rings (SSSR count). The normalized spacial score (nSPS) is 34.2. The third-order valence-corrected chi connectivity index (χ3v) is 3.81. The van der Waals surface area contributed by atoms with E-state index in [0.717, 1.165) is 13.0 Å². The summed E-state index contributed by atoms with van der Waals surface area (Å²) >= 11 is 0. The summed E-state index contributed by atoms with van der Waals surface area (Å²) in [5.74, 6) is 0.579. The molecule has 2 aliphatic rings. The molecule has 1 saturated heterocycles. The molecule has 0 bridgehead atoms. The van der Waals surface area contributed by atoms with E-state index in [1.807, 2.05) is 6.92 Å². The van der Waals surface area contributed by atoms with Crippen LogP contribution in [-0.4, -0.2) is 23.3 Å². The van der Waals surface area contributed by atoms with E-state index in [2.05, 4.69) is 5.32 Å². The van der Waals surface area contributed by atoms with Gasteiger partial charge in [0.25, 0.3) is 0 Å². The van der Waals surface area contributed by atoms with Gasteiger partial charge in [0.2, 0.25) is 0 Å². The number of aliphatic hydroxyl groups is 1. The number of rotatable bonds is 3. The number of hydrogen-bond donors (Lipinski definition) is 2. The zero-order valence-electron chi connectivity index (χ0n) is 8.55. The molecule has 2 atom stereocenters. The molecular weight excluding hydrogens is 162 g/mol. The van der Waals surface area contributed by atoms with E-state index in [1.165, 1.54) is 32.1 Å². The minimum absolute atomic E-state index is 0.403. The molecular formula is C11H21NO. The Morgan fingerprint density at radius 2 is 2.08 bits per heavy atom. The molecule has 2 fully saturated rings. The summed E-state index contributed by atoms with van der Waals surface area (Å²) in [6.07, 6.45) is 7.28. The van der Waals surface area contributed by atoms with Crippen molar-refractivity contribution in [3.63, 3.8) is 0 Å². The number of nitrogens with one attached hydrogen (secondary N) is 1. The molecule has 2 heteroatoms. The van der Waals surface area contributed by atoms with Gasteiger partial charge in [-0.2, -0.15) is 0 Å². The van der Waals surface area contributed by atoms with Gasteiger partial charge in [0.05, 0.1) is 5.60 Å². The first-order valence-electron chi connectivity index (χ1n) is 5.64. The molecule has 2 N–H and O–H groups in total. The smallest absolute Gasteiger partial charge is 0.0662 e. The van der Waals surface area contributed by atoms with Crippen molar-refractivity contribution in [1.29, 1.82) is 0 Å². The first-order chi connectivity index (χ1) is 6.18. The van der Waals surface area contributed by atoms with Gasteiger partial charge in [0.15, 0.2) is 0 Å². The van der Waals surface area contributed by atoms with Gasteiger partial charge < -0.3 is 10.4 Å². The molecule has 1 aliphatic carbocycles. The standard InChI is InChI=1S/C11H21NO/c1-11(13,9-4-2-5-9)8-10-6-3-7-12-10/h9-10,12-13H,2-8H2,1H3. The fourth-order valence-corrected chi connectivity index (χ4v) is 2.63. The Kier molecular flexibility index (Phi) is 2.61. The highest BCUT2D eigenvalue weighted by atomic mass is 16.3. The molecule has 1 aliphatic heterocycles. The van der Waals surface area contributed by atoms with Crippen molar-refractivity contribution in [2.45, 2.75) is 57.1 Å². The van der Waals surface area contributed by atoms with Crippen molar-refractivity contribution in [1.82, 2.24) is 5.32 Å². The predicted octanol–water partition coefficient (Wildman–Crippen LogP) is 1.68. The second kappa shape index (κ2) is 3.58. The SMILES string of the molecule is CC(O)(CC1CCCN1)C1CCC1. The predicted molar refractivity (Wildman–Crippen MR) is 53.6 cm³/mol. The summed E-state index contributed by atoms with van der Waals surface area (Å²) < 4.78 is 0. The van der Waals surface area contributed by atoms with Gasteiger partial charge in [-0.05, 0) is 51.5 Å². The lowest BCUT2D eigenvalue weighted by atomic mass is 9.71. The van der Waals surface area contributed by atoms with E-state index in [1.54, 1.807) is 0 Å². The van der Waals surface area contributed by atoms with Crippen molar-refractivity contribution < 1.29 is 5.11 Å². The molecule has 0 aromatic heterocycles. The van der Waals surface area contributed by atoms with Crippen molar-refractivity contribution in [3.05, 3.63) is 0 Å². The summed E-state index contributed by atoms with van der Waals surface area (Å²) in [6.45, 7) is 3.17. The van der Waals surface area contributed by atoms with E-state index in [0.29, 0.717) is 12.0 Å². The largest absolute Gasteiger partial charge is 0.390 e. The Balaban J connectivity index is 1.83. The van der Waals surface area contributed by atoms with Crippen molar-refractivity contribution in [2.24, 2.45) is 5.92 Å². The van der Waals surface area contributed by atoms with E-state index in [9.17, 15) is 5.11 Å². The van der Waals surface area contributed by atoms with Crippen LogP contribution in [0.2, 0.25) is 0 Å². The van der Waals surface area contributed by atoms with Crippen LogP contribution in [0.5, 0.6) is 0 Å². The molecule has 1 saturated carbocycles. The van der Waals surface area contributed by atoms with Gasteiger partial charge in [-0.25, -0.2) is 0 Å². The molecule has 0 aromatic carbocycles. The molecule has 1 heterocycles. The monoisotopic (exact) mass is 183 g/mol. The highest BCUT2D eigenvalue weighted by Crippen LogP contribution is 2.39. The fraction of sp³-hybridized carbons (Fsp3) is 1.00. The maximum absolute atomic E-state index is 10.3. The third-order valence-electron chi connectivity index (χ3n) is 3.81. The molecule has 0 spiro atoms. The topological polar surface area (TPSA) is 32.3 Å². The van der Waals surface area contributed by atoms with E-state index in [-0.39, 0.29) is 0 Å². The Labute approximate surface area is 80.7 Å². The Bertz CT molecular complexity index is 169. The van der Waals surface area contributed by atoms with Gasteiger partial charge in [0.1, 0.15) is 0 Å². The zero-order valence-corrected chi connectivity index (χ0v) is 8.55. The molecule has 0 aromatic rings. The highest BCUT2D eigenvalue weighted by Gasteiger charge is 2.38. The molecule has 2 unspecified atom stereocenters. The summed E-state index contributed by atoms with van der Waals surface area (Å²) in [7, 11) is 0. The third kappa shape index (κ3) is 2.05. The minimum Gasteiger partial charge on any atom is -0.390 e. The van der Waals surface area contributed by atoms with Crippen LogP contribution in [0.15, 0.2) is 0 Å². The van der Waals surface area contributed by atoms with Gasteiger partial charge in [0, 0.05) is 6.04 Å². The summed E-state index contributed by atoms with van der Waals surface area (Å²) in [6, 6.07) is 0.579. The van der Waals surface area contributed by atoms with Crippen molar-refractivity contribution in [2.75, 3.05) is 6.54 Å². The Morgan fingerprint density at radius 3 is 2.54 bits per heavy atom. The van der Waals surface area contributed by atoms with E-state index < -0.39 is 5.60 Å². The quantitative estimate of drug-likeness (QED) is 0.697. The zero-order chi connectivity index (χ0) is 9.31. The van der Waals surface area contributed by atoms with E-state index in [4.69, 9.17) is 0 Å². The van der Waals surface area contributed by atoms with Crippen LogP contribution >= 0.6 is 0 Å². The fourth-order valence-electron chi connectivity index (χ4n) is 2.63. The molecule has 0 amide bonds. The van der Waals surface area contributed by atoms with Crippen molar-refractivity contribution >= 4 is 0 Å². The lowest BCUT2D eigenvalue weighted by Crippen LogP contribution is -2.43. The average molecular weight is 183 g/mol. The number of hydrogen-bond acceptors (Lipinski definition) is 2. The maximum Gasteiger partial charge on any atom is 0.0662 e. The van der Waals surface area contributed by atoms with Crippen LogP contribution in [0.1, 0.15) is 45.4 Å². The van der Waals surface area contributed by atoms with Gasteiger partial charge in [-0.15, -0.1) is 0 Å². The van der Waals surface area contributed by atoms with Gasteiger partial charge in [-0.1, -0.05) is 6.42 Å². The van der Waals surface area contributed by atoms with Crippen LogP contribution in [-0.2, 0) is 0 Å². The van der Waals surface area contributed by atoms with Crippen LogP contribution in [0.25, 0.3) is 0 Å².